The fourth-order valence-electron chi connectivity index (χ4n) is 1.96. The maximum atomic E-state index is 9.36. The SMILES string of the molecule is Cc1nccn1C1CCC(O)C1. The molecule has 3 nitrogen and oxygen atoms in total. The van der Waals surface area contributed by atoms with Gasteiger partial charge in [-0.1, -0.05) is 0 Å². The van der Waals surface area contributed by atoms with E-state index in [1.165, 1.54) is 0 Å². The van der Waals surface area contributed by atoms with E-state index in [0.29, 0.717) is 6.04 Å². The third-order valence-corrected chi connectivity index (χ3v) is 2.63. The molecule has 0 spiro atoms. The molecule has 0 aromatic carbocycles. The minimum absolute atomic E-state index is 0.100. The molecule has 0 bridgehead atoms. The summed E-state index contributed by atoms with van der Waals surface area (Å²) in [5.74, 6) is 1.05. The molecule has 1 N–H and O–H groups in total. The Labute approximate surface area is 72.0 Å². The van der Waals surface area contributed by atoms with Gasteiger partial charge in [0.25, 0.3) is 0 Å². The average Bonchev–Trinajstić information content (AvgIpc) is 2.58. The number of aryl methyl sites for hydroxylation is 1. The predicted molar refractivity (Wildman–Crippen MR) is 45.9 cm³/mol. The van der Waals surface area contributed by atoms with Crippen molar-refractivity contribution in [1.82, 2.24) is 9.55 Å². The van der Waals surface area contributed by atoms with Crippen molar-refractivity contribution in [3.63, 3.8) is 0 Å². The number of aliphatic hydroxyl groups excluding tert-OH is 1. The molecular formula is C9H14N2O. The number of aromatic nitrogens is 2. The molecule has 3 heteroatoms. The number of nitrogens with zero attached hydrogens (tertiary/aromatic N) is 2. The number of imidazole rings is 1. The first-order valence-corrected chi connectivity index (χ1v) is 4.45. The first kappa shape index (κ1) is 7.80. The van der Waals surface area contributed by atoms with Crippen LogP contribution in [0, 0.1) is 6.92 Å². The normalized spacial score (nSPS) is 29.5. The zero-order valence-corrected chi connectivity index (χ0v) is 7.27. The molecule has 1 aliphatic rings. The number of aliphatic hydroxyl groups is 1. The van der Waals surface area contributed by atoms with E-state index in [9.17, 15) is 5.11 Å². The van der Waals surface area contributed by atoms with Gasteiger partial charge in [-0.2, -0.15) is 0 Å². The summed E-state index contributed by atoms with van der Waals surface area (Å²) in [7, 11) is 0. The molecule has 1 aliphatic carbocycles. The molecule has 66 valence electrons. The van der Waals surface area contributed by atoms with Crippen LogP contribution in [-0.2, 0) is 0 Å². The van der Waals surface area contributed by atoms with Crippen LogP contribution in [0.4, 0.5) is 0 Å². The molecule has 0 amide bonds. The van der Waals surface area contributed by atoms with Crippen LogP contribution in [0.5, 0.6) is 0 Å². The molecule has 2 rings (SSSR count). The molecular weight excluding hydrogens is 152 g/mol. The van der Waals surface area contributed by atoms with Crippen LogP contribution in [0.25, 0.3) is 0 Å². The highest BCUT2D eigenvalue weighted by Crippen LogP contribution is 2.30. The van der Waals surface area contributed by atoms with Crippen molar-refractivity contribution < 1.29 is 5.11 Å². The lowest BCUT2D eigenvalue weighted by Crippen LogP contribution is -2.07. The van der Waals surface area contributed by atoms with Crippen LogP contribution in [0.1, 0.15) is 31.1 Å². The Bertz CT molecular complexity index is 269. The molecule has 0 radical (unpaired) electrons. The lowest BCUT2D eigenvalue weighted by atomic mass is 10.2. The van der Waals surface area contributed by atoms with Gasteiger partial charge < -0.3 is 9.67 Å². The van der Waals surface area contributed by atoms with Gasteiger partial charge in [-0.3, -0.25) is 0 Å². The van der Waals surface area contributed by atoms with E-state index < -0.39 is 0 Å². The maximum absolute atomic E-state index is 9.36. The summed E-state index contributed by atoms with van der Waals surface area (Å²) >= 11 is 0. The van der Waals surface area contributed by atoms with Crippen molar-refractivity contribution in [2.45, 2.75) is 38.3 Å². The Kier molecular flexibility index (Phi) is 1.89. The Hall–Kier alpha value is -0.830. The standard InChI is InChI=1S/C9H14N2O/c1-7-10-4-5-11(7)8-2-3-9(12)6-8/h4-5,8-9,12H,2-3,6H2,1H3. The topological polar surface area (TPSA) is 38.0 Å². The van der Waals surface area contributed by atoms with Crippen LogP contribution in [0.3, 0.4) is 0 Å². The van der Waals surface area contributed by atoms with Crippen LogP contribution in [0.2, 0.25) is 0 Å². The van der Waals surface area contributed by atoms with Crippen molar-refractivity contribution in [2.24, 2.45) is 0 Å². The van der Waals surface area contributed by atoms with Gasteiger partial charge in [-0.15, -0.1) is 0 Å². The first-order valence-electron chi connectivity index (χ1n) is 4.45. The van der Waals surface area contributed by atoms with Gasteiger partial charge in [0.05, 0.1) is 6.10 Å². The Balaban J connectivity index is 2.16. The summed E-state index contributed by atoms with van der Waals surface area (Å²) < 4.78 is 2.16. The number of hydrogen-bond acceptors (Lipinski definition) is 2. The fourth-order valence-corrected chi connectivity index (χ4v) is 1.96. The van der Waals surface area contributed by atoms with Crippen LogP contribution >= 0.6 is 0 Å². The van der Waals surface area contributed by atoms with Gasteiger partial charge in [0.1, 0.15) is 5.82 Å². The Morgan fingerprint density at radius 1 is 1.58 bits per heavy atom. The van der Waals surface area contributed by atoms with Crippen molar-refractivity contribution in [3.8, 4) is 0 Å². The highest BCUT2D eigenvalue weighted by atomic mass is 16.3. The van der Waals surface area contributed by atoms with Gasteiger partial charge in [-0.05, 0) is 26.2 Å². The molecule has 1 heterocycles. The van der Waals surface area contributed by atoms with Gasteiger partial charge in [0.15, 0.2) is 0 Å². The van der Waals surface area contributed by atoms with Gasteiger partial charge in [0, 0.05) is 18.4 Å². The molecule has 1 saturated carbocycles. The Morgan fingerprint density at radius 3 is 2.92 bits per heavy atom. The lowest BCUT2D eigenvalue weighted by molar-refractivity contribution is 0.178. The van der Waals surface area contributed by atoms with Gasteiger partial charge in [-0.25, -0.2) is 4.98 Å². The molecule has 12 heavy (non-hydrogen) atoms. The summed E-state index contributed by atoms with van der Waals surface area (Å²) in [4.78, 5) is 4.17. The zero-order chi connectivity index (χ0) is 8.55. The lowest BCUT2D eigenvalue weighted by Gasteiger charge is -2.12. The minimum Gasteiger partial charge on any atom is -0.393 e. The van der Waals surface area contributed by atoms with E-state index in [2.05, 4.69) is 9.55 Å². The van der Waals surface area contributed by atoms with E-state index in [4.69, 9.17) is 0 Å². The van der Waals surface area contributed by atoms with E-state index in [1.807, 2.05) is 19.3 Å². The molecule has 1 aromatic heterocycles. The molecule has 2 atom stereocenters. The molecule has 1 fully saturated rings. The third-order valence-electron chi connectivity index (χ3n) is 2.63. The summed E-state index contributed by atoms with van der Waals surface area (Å²) in [6, 6.07) is 0.475. The number of hydrogen-bond donors (Lipinski definition) is 1. The van der Waals surface area contributed by atoms with E-state index in [1.54, 1.807) is 0 Å². The monoisotopic (exact) mass is 166 g/mol. The second-order valence-electron chi connectivity index (χ2n) is 3.50. The van der Waals surface area contributed by atoms with Gasteiger partial charge in [0.2, 0.25) is 0 Å². The number of rotatable bonds is 1. The second kappa shape index (κ2) is 2.90. The quantitative estimate of drug-likeness (QED) is 0.682. The van der Waals surface area contributed by atoms with Crippen LogP contribution < -0.4 is 0 Å². The highest BCUT2D eigenvalue weighted by molar-refractivity contribution is 4.94. The predicted octanol–water partition coefficient (Wildman–Crippen LogP) is 1.28. The zero-order valence-electron chi connectivity index (χ0n) is 7.27. The van der Waals surface area contributed by atoms with E-state index >= 15 is 0 Å². The average molecular weight is 166 g/mol. The van der Waals surface area contributed by atoms with Crippen LogP contribution in [0.15, 0.2) is 12.4 Å². The van der Waals surface area contributed by atoms with E-state index in [-0.39, 0.29) is 6.10 Å². The van der Waals surface area contributed by atoms with E-state index in [0.717, 1.165) is 25.1 Å². The Morgan fingerprint density at radius 2 is 2.42 bits per heavy atom. The summed E-state index contributed by atoms with van der Waals surface area (Å²) in [6.07, 6.45) is 6.62. The molecule has 2 unspecified atom stereocenters. The third kappa shape index (κ3) is 1.25. The van der Waals surface area contributed by atoms with Crippen LogP contribution in [-0.4, -0.2) is 20.8 Å². The first-order chi connectivity index (χ1) is 5.77. The molecule has 1 aromatic rings. The minimum atomic E-state index is -0.100. The van der Waals surface area contributed by atoms with Crippen molar-refractivity contribution >= 4 is 0 Å². The second-order valence-corrected chi connectivity index (χ2v) is 3.50. The summed E-state index contributed by atoms with van der Waals surface area (Å²) in [5.41, 5.74) is 0. The highest BCUT2D eigenvalue weighted by Gasteiger charge is 2.24. The molecule has 0 aliphatic heterocycles. The largest absolute Gasteiger partial charge is 0.393 e. The maximum Gasteiger partial charge on any atom is 0.105 e. The van der Waals surface area contributed by atoms with Crippen molar-refractivity contribution in [3.05, 3.63) is 18.2 Å². The summed E-state index contributed by atoms with van der Waals surface area (Å²) in [5, 5.41) is 9.36. The van der Waals surface area contributed by atoms with Crippen molar-refractivity contribution in [1.29, 1.82) is 0 Å². The summed E-state index contributed by atoms with van der Waals surface area (Å²) in [6.45, 7) is 2.00. The fraction of sp³-hybridized carbons (Fsp3) is 0.667. The molecule has 0 saturated heterocycles. The smallest absolute Gasteiger partial charge is 0.105 e. The van der Waals surface area contributed by atoms with Crippen molar-refractivity contribution in [2.75, 3.05) is 0 Å². The van der Waals surface area contributed by atoms with Gasteiger partial charge >= 0.3 is 0 Å².